The zero-order valence-corrected chi connectivity index (χ0v) is 22.7. The highest BCUT2D eigenvalue weighted by molar-refractivity contribution is 7.91. The number of hydrogen-bond donors (Lipinski definition) is 2. The van der Waals surface area contributed by atoms with Gasteiger partial charge < -0.3 is 10.6 Å². The second-order valence-corrected chi connectivity index (χ2v) is 12.1. The third-order valence-electron chi connectivity index (χ3n) is 6.11. The summed E-state index contributed by atoms with van der Waals surface area (Å²) in [6.07, 6.45) is -3.16. The topological polar surface area (TPSA) is 120 Å². The molecule has 4 rings (SSSR count). The van der Waals surface area contributed by atoms with Gasteiger partial charge in [0.25, 0.3) is 10.0 Å². The summed E-state index contributed by atoms with van der Waals surface area (Å²) in [5.74, 6) is 0.0660. The second-order valence-electron chi connectivity index (χ2n) is 8.97. The lowest BCUT2D eigenvalue weighted by Gasteiger charge is -2.35. The van der Waals surface area contributed by atoms with Crippen LogP contribution in [0.25, 0.3) is 10.9 Å². The Morgan fingerprint density at radius 3 is 2.55 bits per heavy atom. The number of aromatic nitrogens is 3. The Kier molecular flexibility index (Phi) is 8.20. The van der Waals surface area contributed by atoms with E-state index in [0.717, 1.165) is 23.7 Å². The summed E-state index contributed by atoms with van der Waals surface area (Å²) in [5.41, 5.74) is -0.645. The minimum Gasteiger partial charge on any atom is -0.366 e. The van der Waals surface area contributed by atoms with Crippen LogP contribution in [0, 0.1) is 6.92 Å². The van der Waals surface area contributed by atoms with Crippen LogP contribution in [0.5, 0.6) is 0 Å². The number of aryl methyl sites for hydroxylation is 1. The van der Waals surface area contributed by atoms with Gasteiger partial charge in [-0.2, -0.15) is 17.5 Å². The molecule has 1 fully saturated rings. The van der Waals surface area contributed by atoms with E-state index in [1.807, 2.05) is 6.92 Å². The van der Waals surface area contributed by atoms with Gasteiger partial charge in [0, 0.05) is 50.6 Å². The molecule has 1 amide bonds. The first-order valence-electron chi connectivity index (χ1n) is 12.0. The van der Waals surface area contributed by atoms with E-state index >= 15 is 0 Å². The fraction of sp³-hybridized carbons (Fsp3) is 0.478. The third-order valence-corrected chi connectivity index (χ3v) is 9.67. The Hall–Kier alpha value is -2.88. The first-order chi connectivity index (χ1) is 17.9. The van der Waals surface area contributed by atoms with E-state index < -0.39 is 21.8 Å². The van der Waals surface area contributed by atoms with Crippen molar-refractivity contribution < 1.29 is 26.4 Å². The smallest absolute Gasteiger partial charge is 0.366 e. The van der Waals surface area contributed by atoms with Crippen LogP contribution in [0.3, 0.4) is 0 Å². The summed E-state index contributed by atoms with van der Waals surface area (Å²) in [6.45, 7) is 7.22. The van der Waals surface area contributed by atoms with Crippen LogP contribution >= 0.6 is 11.3 Å². The lowest BCUT2D eigenvalue weighted by Crippen LogP contribution is -2.50. The molecule has 1 aromatic carbocycles. The van der Waals surface area contributed by atoms with Crippen molar-refractivity contribution in [1.82, 2.24) is 24.2 Å². The fourth-order valence-corrected chi connectivity index (χ4v) is 7.24. The number of nitrogens with zero attached hydrogens (tertiary/aromatic N) is 5. The summed E-state index contributed by atoms with van der Waals surface area (Å²) in [4.78, 5) is 25.9. The van der Waals surface area contributed by atoms with Crippen LogP contribution in [0.1, 0.15) is 31.5 Å². The number of hydrogen-bond acceptors (Lipinski definition) is 9. The lowest BCUT2D eigenvalue weighted by molar-refractivity contribution is -0.136. The Labute approximate surface area is 222 Å². The maximum Gasteiger partial charge on any atom is 0.418 e. The summed E-state index contributed by atoms with van der Waals surface area (Å²) in [5, 5.41) is 6.31. The number of alkyl halides is 3. The Morgan fingerprint density at radius 2 is 1.89 bits per heavy atom. The van der Waals surface area contributed by atoms with Gasteiger partial charge in [-0.15, -0.1) is 0 Å². The maximum absolute atomic E-state index is 13.4. The number of fused-ring (bicyclic) bond motifs is 1. The van der Waals surface area contributed by atoms with Gasteiger partial charge in [-0.3, -0.25) is 9.69 Å². The van der Waals surface area contributed by atoms with Crippen molar-refractivity contribution >= 4 is 49.1 Å². The van der Waals surface area contributed by atoms with Gasteiger partial charge in [0.1, 0.15) is 12.1 Å². The SMILES string of the molecule is CCC(=O)Nc1nc(C)c(S(=O)(=O)N2CCN(C[C@H](C)Nc3ncnc4c(C(F)(F)F)cccc34)CC2)s1. The monoisotopic (exact) mass is 571 g/mol. The molecule has 0 aliphatic carbocycles. The molecule has 38 heavy (non-hydrogen) atoms. The molecule has 2 aromatic heterocycles. The maximum atomic E-state index is 13.4. The van der Waals surface area contributed by atoms with Gasteiger partial charge >= 0.3 is 6.18 Å². The number of benzene rings is 1. The van der Waals surface area contributed by atoms with Gasteiger partial charge in [0.2, 0.25) is 5.91 Å². The molecule has 0 spiro atoms. The highest BCUT2D eigenvalue weighted by Crippen LogP contribution is 2.35. The predicted octanol–water partition coefficient (Wildman–Crippen LogP) is 3.57. The van der Waals surface area contributed by atoms with Crippen molar-refractivity contribution in [2.75, 3.05) is 43.4 Å². The zero-order chi connectivity index (χ0) is 27.7. The number of carbonyl (C=O) groups excluding carboxylic acids is 1. The largest absolute Gasteiger partial charge is 0.418 e. The number of thiazole rings is 1. The van der Waals surface area contributed by atoms with Crippen molar-refractivity contribution in [3.63, 3.8) is 0 Å². The average molecular weight is 572 g/mol. The highest BCUT2D eigenvalue weighted by atomic mass is 32.2. The Morgan fingerprint density at radius 1 is 1.18 bits per heavy atom. The molecule has 3 aromatic rings. The number of piperazine rings is 1. The average Bonchev–Trinajstić information content (AvgIpc) is 3.24. The van der Waals surface area contributed by atoms with Gasteiger partial charge in [-0.25, -0.2) is 23.4 Å². The standard InChI is InChI=1S/C23H28F3N7O3S2/c1-4-18(34)31-22-30-15(3)21(37-22)38(35,36)33-10-8-32(9-11-33)12-14(2)29-20-16-6-5-7-17(23(24,25)26)19(16)27-13-28-20/h5-7,13-14H,4,8-12H2,1-3H3,(H,27,28,29)(H,30,31,34)/t14-/m0/s1. The normalized spacial score (nSPS) is 16.5. The van der Waals surface area contributed by atoms with Crippen molar-refractivity contribution in [2.45, 2.75) is 43.6 Å². The molecule has 1 saturated heterocycles. The molecule has 2 N–H and O–H groups in total. The molecule has 1 aliphatic heterocycles. The van der Waals surface area contributed by atoms with Crippen LogP contribution in [0.15, 0.2) is 28.7 Å². The molecule has 206 valence electrons. The number of anilines is 2. The molecule has 10 nitrogen and oxygen atoms in total. The molecule has 0 unspecified atom stereocenters. The Balaban J connectivity index is 1.38. The van der Waals surface area contributed by atoms with Crippen molar-refractivity contribution in [3.8, 4) is 0 Å². The van der Waals surface area contributed by atoms with Gasteiger partial charge in [-0.05, 0) is 26.0 Å². The molecule has 0 radical (unpaired) electrons. The van der Waals surface area contributed by atoms with Crippen molar-refractivity contribution in [3.05, 3.63) is 35.8 Å². The first-order valence-corrected chi connectivity index (χ1v) is 14.2. The molecule has 15 heteroatoms. The number of amides is 1. The minimum atomic E-state index is -4.53. The van der Waals surface area contributed by atoms with Gasteiger partial charge in [0.15, 0.2) is 9.34 Å². The quantitative estimate of drug-likeness (QED) is 0.421. The van der Waals surface area contributed by atoms with Crippen LogP contribution in [0.2, 0.25) is 0 Å². The van der Waals surface area contributed by atoms with E-state index in [9.17, 15) is 26.4 Å². The van der Waals surface area contributed by atoms with Crippen LogP contribution in [-0.4, -0.2) is 77.2 Å². The third kappa shape index (κ3) is 6.06. The number of halogens is 3. The number of rotatable bonds is 8. The van der Waals surface area contributed by atoms with Gasteiger partial charge in [-0.1, -0.05) is 24.3 Å². The molecule has 0 saturated carbocycles. The summed E-state index contributed by atoms with van der Waals surface area (Å²) < 4.78 is 68.1. The summed E-state index contributed by atoms with van der Waals surface area (Å²) >= 11 is 0.941. The summed E-state index contributed by atoms with van der Waals surface area (Å²) in [6, 6.07) is 3.69. The van der Waals surface area contributed by atoms with E-state index in [1.165, 1.54) is 10.4 Å². The number of sulfonamides is 1. The van der Waals surface area contributed by atoms with Crippen LogP contribution in [-0.2, 0) is 21.0 Å². The number of carbonyl (C=O) groups is 1. The van der Waals surface area contributed by atoms with E-state index in [2.05, 4.69) is 30.5 Å². The Bertz CT molecular complexity index is 1420. The molecule has 0 bridgehead atoms. The van der Waals surface area contributed by atoms with E-state index in [0.29, 0.717) is 31.1 Å². The van der Waals surface area contributed by atoms with Crippen LogP contribution in [0.4, 0.5) is 24.1 Å². The fourth-order valence-electron chi connectivity index (χ4n) is 4.25. The molecule has 3 heterocycles. The van der Waals surface area contributed by atoms with Crippen molar-refractivity contribution in [2.24, 2.45) is 0 Å². The number of nitrogens with one attached hydrogen (secondary N) is 2. The number of para-hydroxylation sites is 1. The van der Waals surface area contributed by atoms with E-state index in [-0.39, 0.29) is 51.7 Å². The van der Waals surface area contributed by atoms with Crippen molar-refractivity contribution in [1.29, 1.82) is 0 Å². The molecular weight excluding hydrogens is 543 g/mol. The first kappa shape index (κ1) is 28.1. The molecule has 1 atom stereocenters. The summed E-state index contributed by atoms with van der Waals surface area (Å²) in [7, 11) is -3.77. The second kappa shape index (κ2) is 11.1. The zero-order valence-electron chi connectivity index (χ0n) is 21.0. The minimum absolute atomic E-state index is 0.112. The highest BCUT2D eigenvalue weighted by Gasteiger charge is 2.34. The van der Waals surface area contributed by atoms with Crippen LogP contribution < -0.4 is 10.6 Å². The van der Waals surface area contributed by atoms with E-state index in [4.69, 9.17) is 0 Å². The van der Waals surface area contributed by atoms with E-state index in [1.54, 1.807) is 19.9 Å². The lowest BCUT2D eigenvalue weighted by atomic mass is 10.1. The molecule has 1 aliphatic rings. The van der Waals surface area contributed by atoms with Gasteiger partial charge in [0.05, 0.1) is 16.8 Å². The predicted molar refractivity (Wildman–Crippen MR) is 139 cm³/mol. The molecular formula is C23H28F3N7O3S2.